The van der Waals surface area contributed by atoms with E-state index < -0.39 is 0 Å². The molecule has 0 saturated carbocycles. The number of rotatable bonds is 5. The molecule has 1 fully saturated rings. The van der Waals surface area contributed by atoms with Gasteiger partial charge in [0, 0.05) is 37.3 Å². The molecule has 1 aliphatic rings. The number of aryl methyl sites for hydroxylation is 1. The van der Waals surface area contributed by atoms with E-state index in [0.29, 0.717) is 5.92 Å². The first-order chi connectivity index (χ1) is 8.70. The molecule has 1 aromatic rings. The summed E-state index contributed by atoms with van der Waals surface area (Å²) in [5, 5.41) is 0. The molecule has 0 amide bonds. The summed E-state index contributed by atoms with van der Waals surface area (Å²) in [6, 6.07) is 8.82. The monoisotopic (exact) mass is 248 g/mol. The van der Waals surface area contributed by atoms with Gasteiger partial charge in [0.1, 0.15) is 0 Å². The Hall–Kier alpha value is -1.06. The van der Waals surface area contributed by atoms with E-state index in [0.717, 1.165) is 32.7 Å². The number of hydrogen-bond donors (Lipinski definition) is 1. The maximum atomic E-state index is 6.31. The number of anilines is 1. The van der Waals surface area contributed by atoms with Gasteiger partial charge in [-0.2, -0.15) is 0 Å². The zero-order valence-corrected chi connectivity index (χ0v) is 11.4. The Labute approximate surface area is 110 Å². The molecule has 18 heavy (non-hydrogen) atoms. The molecule has 2 unspecified atom stereocenters. The summed E-state index contributed by atoms with van der Waals surface area (Å²) in [6.07, 6.45) is 1.10. The van der Waals surface area contributed by atoms with Gasteiger partial charge in [-0.15, -0.1) is 0 Å². The van der Waals surface area contributed by atoms with E-state index in [1.54, 1.807) is 0 Å². The Bertz CT molecular complexity index is 375. The summed E-state index contributed by atoms with van der Waals surface area (Å²) in [5.74, 6) is 0.517. The third kappa shape index (κ3) is 3.24. The van der Waals surface area contributed by atoms with Gasteiger partial charge < -0.3 is 15.4 Å². The van der Waals surface area contributed by atoms with Crippen LogP contribution in [0.5, 0.6) is 0 Å². The van der Waals surface area contributed by atoms with Gasteiger partial charge >= 0.3 is 0 Å². The minimum atomic E-state index is 0.202. The number of nitrogens with two attached hydrogens (primary N) is 1. The molecule has 0 radical (unpaired) electrons. The van der Waals surface area contributed by atoms with Crippen LogP contribution in [-0.4, -0.2) is 32.3 Å². The van der Waals surface area contributed by atoms with Crippen molar-refractivity contribution in [2.45, 2.75) is 26.3 Å². The van der Waals surface area contributed by atoms with E-state index in [9.17, 15) is 0 Å². The number of hydrogen-bond acceptors (Lipinski definition) is 3. The van der Waals surface area contributed by atoms with Crippen molar-refractivity contribution in [1.82, 2.24) is 0 Å². The van der Waals surface area contributed by atoms with Gasteiger partial charge in [0.15, 0.2) is 0 Å². The lowest BCUT2D eigenvalue weighted by atomic mass is 9.99. The van der Waals surface area contributed by atoms with Crippen LogP contribution in [0.3, 0.4) is 0 Å². The number of ether oxygens (including phenoxy) is 1. The second-order valence-electron chi connectivity index (χ2n) is 5.17. The van der Waals surface area contributed by atoms with Gasteiger partial charge in [-0.05, 0) is 38.0 Å². The Morgan fingerprint density at radius 1 is 1.50 bits per heavy atom. The lowest BCUT2D eigenvalue weighted by molar-refractivity contribution is 0.181. The second kappa shape index (κ2) is 6.21. The van der Waals surface area contributed by atoms with Gasteiger partial charge in [-0.1, -0.05) is 12.1 Å². The summed E-state index contributed by atoms with van der Waals surface area (Å²) >= 11 is 0. The van der Waals surface area contributed by atoms with E-state index >= 15 is 0 Å². The molecule has 100 valence electrons. The summed E-state index contributed by atoms with van der Waals surface area (Å²) < 4.78 is 5.42. The zero-order valence-electron chi connectivity index (χ0n) is 11.4. The maximum Gasteiger partial charge on any atom is 0.0510 e. The fourth-order valence-corrected chi connectivity index (χ4v) is 2.54. The quantitative estimate of drug-likeness (QED) is 0.868. The molecule has 1 aromatic carbocycles. The van der Waals surface area contributed by atoms with Crippen LogP contribution in [0.1, 0.15) is 18.9 Å². The predicted molar refractivity (Wildman–Crippen MR) is 76.0 cm³/mol. The Morgan fingerprint density at radius 3 is 2.94 bits per heavy atom. The third-order valence-electron chi connectivity index (χ3n) is 3.75. The first-order valence-corrected chi connectivity index (χ1v) is 6.85. The summed E-state index contributed by atoms with van der Waals surface area (Å²) in [4.78, 5) is 2.36. The third-order valence-corrected chi connectivity index (χ3v) is 3.75. The van der Waals surface area contributed by atoms with Crippen molar-refractivity contribution in [2.75, 3.05) is 31.2 Å². The van der Waals surface area contributed by atoms with Crippen LogP contribution in [0.4, 0.5) is 5.69 Å². The summed E-state index contributed by atoms with van der Waals surface area (Å²) in [6.45, 7) is 7.91. The molecule has 2 rings (SSSR count). The molecule has 3 nitrogen and oxygen atoms in total. The van der Waals surface area contributed by atoms with Gasteiger partial charge in [-0.25, -0.2) is 0 Å². The van der Waals surface area contributed by atoms with Crippen molar-refractivity contribution >= 4 is 5.69 Å². The molecule has 0 spiro atoms. The molecule has 1 aliphatic heterocycles. The molecule has 2 atom stereocenters. The SMILES string of the molecule is CCN(CC(N)C1CCOC1)c1cccc(C)c1. The highest BCUT2D eigenvalue weighted by Crippen LogP contribution is 2.20. The normalized spacial score (nSPS) is 20.9. The second-order valence-corrected chi connectivity index (χ2v) is 5.17. The van der Waals surface area contributed by atoms with Crippen LogP contribution in [0.2, 0.25) is 0 Å². The molecule has 0 bridgehead atoms. The van der Waals surface area contributed by atoms with Gasteiger partial charge in [0.05, 0.1) is 6.61 Å². The summed E-state index contributed by atoms with van der Waals surface area (Å²) in [5.41, 5.74) is 8.87. The number of likely N-dealkylation sites (N-methyl/N-ethyl adjacent to an activating group) is 1. The smallest absolute Gasteiger partial charge is 0.0510 e. The first kappa shape index (κ1) is 13.4. The minimum absolute atomic E-state index is 0.202. The Morgan fingerprint density at radius 2 is 2.33 bits per heavy atom. The molecule has 0 aliphatic carbocycles. The summed E-state index contributed by atoms with van der Waals surface area (Å²) in [7, 11) is 0. The van der Waals surface area contributed by atoms with Crippen LogP contribution < -0.4 is 10.6 Å². The van der Waals surface area contributed by atoms with Gasteiger partial charge in [0.2, 0.25) is 0 Å². The molecular formula is C15H24N2O. The highest BCUT2D eigenvalue weighted by molar-refractivity contribution is 5.48. The fraction of sp³-hybridized carbons (Fsp3) is 0.600. The van der Waals surface area contributed by atoms with Crippen molar-refractivity contribution in [1.29, 1.82) is 0 Å². The van der Waals surface area contributed by atoms with Crippen molar-refractivity contribution in [2.24, 2.45) is 11.7 Å². The highest BCUT2D eigenvalue weighted by atomic mass is 16.5. The van der Waals surface area contributed by atoms with Crippen molar-refractivity contribution in [3.05, 3.63) is 29.8 Å². The lowest BCUT2D eigenvalue weighted by Crippen LogP contribution is -2.42. The van der Waals surface area contributed by atoms with Crippen LogP contribution in [0.15, 0.2) is 24.3 Å². The van der Waals surface area contributed by atoms with Gasteiger partial charge in [-0.3, -0.25) is 0 Å². The highest BCUT2D eigenvalue weighted by Gasteiger charge is 2.24. The van der Waals surface area contributed by atoms with E-state index in [4.69, 9.17) is 10.5 Å². The van der Waals surface area contributed by atoms with E-state index in [1.807, 2.05) is 0 Å². The maximum absolute atomic E-state index is 6.31. The fourth-order valence-electron chi connectivity index (χ4n) is 2.54. The first-order valence-electron chi connectivity index (χ1n) is 6.85. The Kier molecular flexibility index (Phi) is 4.61. The van der Waals surface area contributed by atoms with Crippen LogP contribution in [-0.2, 0) is 4.74 Å². The average molecular weight is 248 g/mol. The van der Waals surface area contributed by atoms with E-state index in [2.05, 4.69) is 43.0 Å². The molecule has 2 N–H and O–H groups in total. The lowest BCUT2D eigenvalue weighted by Gasteiger charge is -2.29. The largest absolute Gasteiger partial charge is 0.381 e. The minimum Gasteiger partial charge on any atom is -0.381 e. The average Bonchev–Trinajstić information content (AvgIpc) is 2.89. The number of nitrogens with zero attached hydrogens (tertiary/aromatic N) is 1. The molecule has 3 heteroatoms. The standard InChI is InChI=1S/C15H24N2O/c1-3-17(14-6-4-5-12(2)9-14)10-15(16)13-7-8-18-11-13/h4-6,9,13,15H,3,7-8,10-11,16H2,1-2H3. The zero-order chi connectivity index (χ0) is 13.0. The van der Waals surface area contributed by atoms with Crippen LogP contribution in [0.25, 0.3) is 0 Å². The number of benzene rings is 1. The van der Waals surface area contributed by atoms with Crippen molar-refractivity contribution in [3.8, 4) is 0 Å². The van der Waals surface area contributed by atoms with Crippen molar-refractivity contribution in [3.63, 3.8) is 0 Å². The molecule has 1 saturated heterocycles. The molecule has 1 heterocycles. The predicted octanol–water partition coefficient (Wildman–Crippen LogP) is 2.19. The van der Waals surface area contributed by atoms with Crippen LogP contribution >= 0.6 is 0 Å². The molecule has 0 aromatic heterocycles. The van der Waals surface area contributed by atoms with E-state index in [1.165, 1.54) is 11.3 Å². The van der Waals surface area contributed by atoms with E-state index in [-0.39, 0.29) is 6.04 Å². The topological polar surface area (TPSA) is 38.5 Å². The van der Waals surface area contributed by atoms with Gasteiger partial charge in [0.25, 0.3) is 0 Å². The van der Waals surface area contributed by atoms with Crippen LogP contribution in [0, 0.1) is 12.8 Å². The molecular weight excluding hydrogens is 224 g/mol. The Balaban J connectivity index is 2.00. The van der Waals surface area contributed by atoms with Crippen molar-refractivity contribution < 1.29 is 4.74 Å².